The summed E-state index contributed by atoms with van der Waals surface area (Å²) in [5, 5.41) is 0. The molecule has 19 heavy (non-hydrogen) atoms. The van der Waals surface area contributed by atoms with Crippen molar-refractivity contribution in [3.63, 3.8) is 0 Å². The molecule has 1 aromatic rings. The van der Waals surface area contributed by atoms with Gasteiger partial charge in [0, 0.05) is 5.69 Å². The van der Waals surface area contributed by atoms with E-state index in [1.54, 1.807) is 26.0 Å². The van der Waals surface area contributed by atoms with Crippen LogP contribution in [0, 0.1) is 13.8 Å². The standard InChI is InChI=1S/C12H18N2O4S/c1-4-18-11(15)7-19(16,17)14-10-6-5-8(2)12(13)9(10)3/h5-6,14H,4,7,13H2,1-3H3. The summed E-state index contributed by atoms with van der Waals surface area (Å²) in [7, 11) is -3.79. The fourth-order valence-corrected chi connectivity index (χ4v) is 2.56. The minimum Gasteiger partial charge on any atom is -0.465 e. The number of hydrogen-bond acceptors (Lipinski definition) is 5. The number of rotatable bonds is 5. The van der Waals surface area contributed by atoms with Crippen LogP contribution in [0.5, 0.6) is 0 Å². The third kappa shape index (κ3) is 4.13. The average Bonchev–Trinajstić information content (AvgIpc) is 2.29. The van der Waals surface area contributed by atoms with Crippen LogP contribution < -0.4 is 10.5 Å². The molecule has 6 nitrogen and oxygen atoms in total. The highest BCUT2D eigenvalue weighted by Gasteiger charge is 2.18. The molecular formula is C12H18N2O4S. The van der Waals surface area contributed by atoms with Crippen molar-refractivity contribution in [2.24, 2.45) is 0 Å². The molecule has 0 heterocycles. The average molecular weight is 286 g/mol. The second kappa shape index (κ2) is 5.92. The maximum absolute atomic E-state index is 11.8. The van der Waals surface area contributed by atoms with Gasteiger partial charge in [-0.3, -0.25) is 9.52 Å². The first-order valence-corrected chi connectivity index (χ1v) is 7.44. The predicted octanol–water partition coefficient (Wildman–Crippen LogP) is 1.19. The molecule has 0 aromatic heterocycles. The zero-order valence-electron chi connectivity index (χ0n) is 11.2. The third-order valence-electron chi connectivity index (χ3n) is 2.61. The van der Waals surface area contributed by atoms with E-state index in [1.165, 1.54) is 0 Å². The summed E-state index contributed by atoms with van der Waals surface area (Å²) in [4.78, 5) is 11.2. The number of esters is 1. The number of nitrogens with one attached hydrogen (secondary N) is 1. The van der Waals surface area contributed by atoms with Gasteiger partial charge in [0.05, 0.1) is 12.3 Å². The number of hydrogen-bond donors (Lipinski definition) is 2. The van der Waals surface area contributed by atoms with E-state index in [1.807, 2.05) is 6.92 Å². The first-order chi connectivity index (χ1) is 8.76. The Bertz CT molecular complexity index is 582. The van der Waals surface area contributed by atoms with E-state index >= 15 is 0 Å². The van der Waals surface area contributed by atoms with Crippen LogP contribution >= 0.6 is 0 Å². The molecule has 0 aliphatic heterocycles. The molecule has 0 amide bonds. The number of benzene rings is 1. The number of aryl methyl sites for hydroxylation is 1. The van der Waals surface area contributed by atoms with E-state index in [0.29, 0.717) is 16.9 Å². The van der Waals surface area contributed by atoms with Crippen molar-refractivity contribution in [3.8, 4) is 0 Å². The number of ether oxygens (including phenoxy) is 1. The summed E-state index contributed by atoms with van der Waals surface area (Å²) in [5.74, 6) is -1.50. The molecule has 0 spiro atoms. The van der Waals surface area contributed by atoms with Gasteiger partial charge in [-0.05, 0) is 38.0 Å². The molecule has 1 rings (SSSR count). The Balaban J connectivity index is 2.90. The molecule has 0 atom stereocenters. The van der Waals surface area contributed by atoms with Crippen molar-refractivity contribution < 1.29 is 17.9 Å². The third-order valence-corrected chi connectivity index (χ3v) is 3.76. The first kappa shape index (κ1) is 15.3. The van der Waals surface area contributed by atoms with Crippen molar-refractivity contribution >= 4 is 27.4 Å². The van der Waals surface area contributed by atoms with Gasteiger partial charge in [0.2, 0.25) is 10.0 Å². The zero-order valence-corrected chi connectivity index (χ0v) is 12.0. The lowest BCUT2D eigenvalue weighted by Gasteiger charge is -2.13. The Morgan fingerprint density at radius 3 is 2.58 bits per heavy atom. The van der Waals surface area contributed by atoms with Crippen molar-refractivity contribution in [1.82, 2.24) is 0 Å². The minimum absolute atomic E-state index is 0.144. The molecule has 0 saturated carbocycles. The SMILES string of the molecule is CCOC(=O)CS(=O)(=O)Nc1ccc(C)c(N)c1C. The zero-order chi connectivity index (χ0) is 14.6. The molecule has 7 heteroatoms. The van der Waals surface area contributed by atoms with Gasteiger partial charge in [0.15, 0.2) is 5.75 Å². The maximum Gasteiger partial charge on any atom is 0.323 e. The number of sulfonamides is 1. The molecule has 3 N–H and O–H groups in total. The first-order valence-electron chi connectivity index (χ1n) is 5.78. The van der Waals surface area contributed by atoms with Gasteiger partial charge in [-0.2, -0.15) is 0 Å². The van der Waals surface area contributed by atoms with Crippen LogP contribution in [0.15, 0.2) is 12.1 Å². The molecule has 0 unspecified atom stereocenters. The quantitative estimate of drug-likeness (QED) is 0.626. The van der Waals surface area contributed by atoms with Crippen LogP contribution in [0.2, 0.25) is 0 Å². The van der Waals surface area contributed by atoms with E-state index in [0.717, 1.165) is 5.56 Å². The lowest BCUT2D eigenvalue weighted by Crippen LogP contribution is -2.24. The van der Waals surface area contributed by atoms with Crippen molar-refractivity contribution in [1.29, 1.82) is 0 Å². The molecule has 0 radical (unpaired) electrons. The van der Waals surface area contributed by atoms with Crippen LogP contribution in [0.25, 0.3) is 0 Å². The fourth-order valence-electron chi connectivity index (χ4n) is 1.54. The highest BCUT2D eigenvalue weighted by molar-refractivity contribution is 7.93. The normalized spacial score (nSPS) is 11.1. The number of anilines is 2. The highest BCUT2D eigenvalue weighted by atomic mass is 32.2. The lowest BCUT2D eigenvalue weighted by atomic mass is 10.1. The van der Waals surface area contributed by atoms with Gasteiger partial charge < -0.3 is 10.5 Å². The van der Waals surface area contributed by atoms with Crippen molar-refractivity contribution in [2.45, 2.75) is 20.8 Å². The van der Waals surface area contributed by atoms with Gasteiger partial charge in [0.1, 0.15) is 0 Å². The number of nitrogen functional groups attached to an aromatic ring is 1. The maximum atomic E-state index is 11.8. The number of carbonyl (C=O) groups excluding carboxylic acids is 1. The smallest absolute Gasteiger partial charge is 0.323 e. The van der Waals surface area contributed by atoms with Crippen LogP contribution in [0.4, 0.5) is 11.4 Å². The second-order valence-electron chi connectivity index (χ2n) is 4.13. The van der Waals surface area contributed by atoms with E-state index in [4.69, 9.17) is 5.73 Å². The molecule has 0 aliphatic carbocycles. The summed E-state index contributed by atoms with van der Waals surface area (Å²) < 4.78 is 30.5. The molecule has 0 aliphatic rings. The Morgan fingerprint density at radius 1 is 1.37 bits per heavy atom. The Labute approximate surface area is 113 Å². The van der Waals surface area contributed by atoms with E-state index in [-0.39, 0.29) is 6.61 Å². The van der Waals surface area contributed by atoms with Gasteiger partial charge in [0.25, 0.3) is 0 Å². The van der Waals surface area contributed by atoms with Crippen LogP contribution in [0.3, 0.4) is 0 Å². The van der Waals surface area contributed by atoms with Crippen LogP contribution in [-0.2, 0) is 19.6 Å². The van der Waals surface area contributed by atoms with Gasteiger partial charge in [-0.1, -0.05) is 6.07 Å². The highest BCUT2D eigenvalue weighted by Crippen LogP contribution is 2.25. The number of carbonyl (C=O) groups is 1. The lowest BCUT2D eigenvalue weighted by molar-refractivity contribution is -0.139. The predicted molar refractivity (Wildman–Crippen MR) is 74.4 cm³/mol. The molecule has 1 aromatic carbocycles. The van der Waals surface area contributed by atoms with Crippen molar-refractivity contribution in [3.05, 3.63) is 23.3 Å². The molecule has 0 saturated heterocycles. The Kier molecular flexibility index (Phi) is 4.77. The minimum atomic E-state index is -3.79. The van der Waals surface area contributed by atoms with E-state index < -0.39 is 21.7 Å². The summed E-state index contributed by atoms with van der Waals surface area (Å²) >= 11 is 0. The largest absolute Gasteiger partial charge is 0.465 e. The van der Waals surface area contributed by atoms with Crippen molar-refractivity contribution in [2.75, 3.05) is 22.8 Å². The van der Waals surface area contributed by atoms with Crippen LogP contribution in [-0.4, -0.2) is 26.7 Å². The summed E-state index contributed by atoms with van der Waals surface area (Å²) in [6.07, 6.45) is 0. The monoisotopic (exact) mass is 286 g/mol. The van der Waals surface area contributed by atoms with E-state index in [9.17, 15) is 13.2 Å². The fraction of sp³-hybridized carbons (Fsp3) is 0.417. The number of nitrogens with two attached hydrogens (primary N) is 1. The van der Waals surface area contributed by atoms with Gasteiger partial charge >= 0.3 is 5.97 Å². The summed E-state index contributed by atoms with van der Waals surface area (Å²) in [6, 6.07) is 3.33. The van der Waals surface area contributed by atoms with E-state index in [2.05, 4.69) is 9.46 Å². The molecule has 0 bridgehead atoms. The topological polar surface area (TPSA) is 98.5 Å². The molecule has 106 valence electrons. The Hall–Kier alpha value is -1.76. The van der Waals surface area contributed by atoms with Crippen LogP contribution in [0.1, 0.15) is 18.1 Å². The van der Waals surface area contributed by atoms with Gasteiger partial charge in [-0.25, -0.2) is 8.42 Å². The summed E-state index contributed by atoms with van der Waals surface area (Å²) in [5.41, 5.74) is 8.21. The second-order valence-corrected chi connectivity index (χ2v) is 5.86. The Morgan fingerprint density at radius 2 is 2.00 bits per heavy atom. The summed E-state index contributed by atoms with van der Waals surface area (Å²) in [6.45, 7) is 5.30. The molecular weight excluding hydrogens is 268 g/mol. The molecule has 0 fully saturated rings. The van der Waals surface area contributed by atoms with Gasteiger partial charge in [-0.15, -0.1) is 0 Å².